The van der Waals surface area contributed by atoms with Crippen LogP contribution in [-0.4, -0.2) is 33.5 Å². The van der Waals surface area contributed by atoms with Gasteiger partial charge < -0.3 is 11.1 Å². The Balaban J connectivity index is 0.00000200. The van der Waals surface area contributed by atoms with Crippen molar-refractivity contribution < 1.29 is 13.2 Å². The van der Waals surface area contributed by atoms with Crippen LogP contribution in [0.25, 0.3) is 0 Å². The lowest BCUT2D eigenvalue weighted by Gasteiger charge is -2.12. The van der Waals surface area contributed by atoms with Crippen LogP contribution >= 0.6 is 28.3 Å². The lowest BCUT2D eigenvalue weighted by Crippen LogP contribution is -2.36. The molecule has 1 aromatic carbocycles. The summed E-state index contributed by atoms with van der Waals surface area (Å²) in [6.07, 6.45) is 0.746. The molecule has 112 valence electrons. The smallest absolute Gasteiger partial charge is 0.248 e. The SMILES string of the molecule is Cl.NC(=O)c1cc(Br)cc(S(=O)(=O)NC2CCNC2)c1. The molecule has 9 heteroatoms. The molecule has 1 saturated heterocycles. The van der Waals surface area contributed by atoms with E-state index in [-0.39, 0.29) is 28.9 Å². The maximum Gasteiger partial charge on any atom is 0.248 e. The first-order valence-electron chi connectivity index (χ1n) is 5.72. The van der Waals surface area contributed by atoms with Gasteiger partial charge in [-0.2, -0.15) is 0 Å². The van der Waals surface area contributed by atoms with Crippen LogP contribution in [-0.2, 0) is 10.0 Å². The van der Waals surface area contributed by atoms with E-state index in [0.29, 0.717) is 11.0 Å². The molecule has 1 amide bonds. The predicted octanol–water partition coefficient (Wildman–Crippen LogP) is 0.610. The van der Waals surface area contributed by atoms with E-state index in [1.165, 1.54) is 18.2 Å². The first-order valence-corrected chi connectivity index (χ1v) is 7.99. The Hall–Kier alpha value is -0.670. The molecule has 1 atom stereocenters. The second-order valence-corrected chi connectivity index (χ2v) is 6.98. The molecule has 1 aromatic rings. The number of nitrogens with one attached hydrogen (secondary N) is 2. The highest BCUT2D eigenvalue weighted by atomic mass is 79.9. The van der Waals surface area contributed by atoms with Gasteiger partial charge in [-0.1, -0.05) is 15.9 Å². The number of hydrogen-bond acceptors (Lipinski definition) is 4. The lowest BCUT2D eigenvalue weighted by atomic mass is 10.2. The first kappa shape index (κ1) is 17.4. The Labute approximate surface area is 132 Å². The minimum atomic E-state index is -3.65. The summed E-state index contributed by atoms with van der Waals surface area (Å²) in [6.45, 7) is 1.40. The third kappa shape index (κ3) is 4.16. The molecule has 0 spiro atoms. The lowest BCUT2D eigenvalue weighted by molar-refractivity contribution is 0.1000. The van der Waals surface area contributed by atoms with Gasteiger partial charge in [0.25, 0.3) is 0 Å². The number of carbonyl (C=O) groups is 1. The number of primary amides is 1. The fourth-order valence-corrected chi connectivity index (χ4v) is 3.89. The molecule has 1 aliphatic rings. The van der Waals surface area contributed by atoms with Crippen LogP contribution in [0, 0.1) is 0 Å². The summed E-state index contributed by atoms with van der Waals surface area (Å²) in [5, 5.41) is 3.08. The van der Waals surface area contributed by atoms with Crippen molar-refractivity contribution in [3.05, 3.63) is 28.2 Å². The quantitative estimate of drug-likeness (QED) is 0.708. The number of amides is 1. The van der Waals surface area contributed by atoms with Crippen LogP contribution in [0.5, 0.6) is 0 Å². The van der Waals surface area contributed by atoms with Crippen molar-refractivity contribution in [2.24, 2.45) is 5.73 Å². The van der Waals surface area contributed by atoms with Crippen molar-refractivity contribution in [3.63, 3.8) is 0 Å². The van der Waals surface area contributed by atoms with E-state index in [4.69, 9.17) is 5.73 Å². The molecule has 0 radical (unpaired) electrons. The Bertz CT molecular complexity index is 603. The molecule has 1 fully saturated rings. The number of rotatable bonds is 4. The summed E-state index contributed by atoms with van der Waals surface area (Å²) in [5.74, 6) is -0.666. The molecule has 20 heavy (non-hydrogen) atoms. The monoisotopic (exact) mass is 383 g/mol. The first-order chi connectivity index (χ1) is 8.88. The Morgan fingerprint density at radius 2 is 2.10 bits per heavy atom. The number of halogens is 2. The minimum Gasteiger partial charge on any atom is -0.366 e. The summed E-state index contributed by atoms with van der Waals surface area (Å²) < 4.78 is 27.5. The second kappa shape index (κ2) is 6.86. The highest BCUT2D eigenvalue weighted by Gasteiger charge is 2.23. The minimum absolute atomic E-state index is 0. The number of benzene rings is 1. The van der Waals surface area contributed by atoms with Crippen LogP contribution in [0.1, 0.15) is 16.8 Å². The van der Waals surface area contributed by atoms with E-state index < -0.39 is 15.9 Å². The fraction of sp³-hybridized carbons (Fsp3) is 0.364. The van der Waals surface area contributed by atoms with E-state index in [2.05, 4.69) is 26.0 Å². The largest absolute Gasteiger partial charge is 0.366 e. The summed E-state index contributed by atoms with van der Waals surface area (Å²) in [7, 11) is -3.65. The maximum absolute atomic E-state index is 12.2. The van der Waals surface area contributed by atoms with Gasteiger partial charge >= 0.3 is 0 Å². The molecular formula is C11H15BrClN3O3S. The van der Waals surface area contributed by atoms with Crippen molar-refractivity contribution in [1.29, 1.82) is 0 Å². The zero-order chi connectivity index (χ0) is 14.0. The molecule has 0 bridgehead atoms. The zero-order valence-electron chi connectivity index (χ0n) is 10.4. The molecule has 0 aliphatic carbocycles. The second-order valence-electron chi connectivity index (χ2n) is 4.35. The standard InChI is InChI=1S/C11H14BrN3O3S.ClH/c12-8-3-7(11(13)16)4-10(5-8)19(17,18)15-9-1-2-14-6-9;/h3-5,9,14-15H,1-2,6H2,(H2,13,16);1H. The van der Waals surface area contributed by atoms with Crippen LogP contribution < -0.4 is 15.8 Å². The van der Waals surface area contributed by atoms with Crippen molar-refractivity contribution in [2.45, 2.75) is 17.4 Å². The Morgan fingerprint density at radius 1 is 1.40 bits per heavy atom. The zero-order valence-corrected chi connectivity index (χ0v) is 13.6. The third-order valence-electron chi connectivity index (χ3n) is 2.85. The van der Waals surface area contributed by atoms with E-state index in [1.54, 1.807) is 0 Å². The molecular weight excluding hydrogens is 370 g/mol. The van der Waals surface area contributed by atoms with E-state index in [9.17, 15) is 13.2 Å². The molecule has 6 nitrogen and oxygen atoms in total. The summed E-state index contributed by atoms with van der Waals surface area (Å²) >= 11 is 3.17. The normalized spacial score (nSPS) is 18.6. The van der Waals surface area contributed by atoms with Crippen LogP contribution in [0.2, 0.25) is 0 Å². The third-order valence-corrected chi connectivity index (χ3v) is 4.81. The van der Waals surface area contributed by atoms with Gasteiger partial charge in [0.1, 0.15) is 0 Å². The number of sulfonamides is 1. The van der Waals surface area contributed by atoms with Gasteiger partial charge in [-0.05, 0) is 31.2 Å². The van der Waals surface area contributed by atoms with Crippen LogP contribution in [0.3, 0.4) is 0 Å². The van der Waals surface area contributed by atoms with Gasteiger partial charge in [0, 0.05) is 22.6 Å². The fourth-order valence-electron chi connectivity index (χ4n) is 1.90. The molecule has 1 unspecified atom stereocenters. The molecule has 2 rings (SSSR count). The molecule has 1 heterocycles. The summed E-state index contributed by atoms with van der Waals surface area (Å²) in [4.78, 5) is 11.2. The Kier molecular flexibility index (Phi) is 5.96. The van der Waals surface area contributed by atoms with Gasteiger partial charge in [0.05, 0.1) is 4.90 Å². The van der Waals surface area contributed by atoms with Crippen LogP contribution in [0.4, 0.5) is 0 Å². The molecule has 0 saturated carbocycles. The van der Waals surface area contributed by atoms with Crippen molar-refractivity contribution in [2.75, 3.05) is 13.1 Å². The molecule has 0 aromatic heterocycles. The van der Waals surface area contributed by atoms with Gasteiger partial charge in [0.2, 0.25) is 15.9 Å². The van der Waals surface area contributed by atoms with Gasteiger partial charge in [-0.15, -0.1) is 12.4 Å². The van der Waals surface area contributed by atoms with E-state index in [1.807, 2.05) is 0 Å². The molecule has 1 aliphatic heterocycles. The van der Waals surface area contributed by atoms with E-state index in [0.717, 1.165) is 13.0 Å². The van der Waals surface area contributed by atoms with Gasteiger partial charge in [-0.3, -0.25) is 4.79 Å². The molecule has 4 N–H and O–H groups in total. The van der Waals surface area contributed by atoms with Gasteiger partial charge in [0.15, 0.2) is 0 Å². The summed E-state index contributed by atoms with van der Waals surface area (Å²) in [5.41, 5.74) is 5.33. The predicted molar refractivity (Wildman–Crippen MR) is 81.5 cm³/mol. The van der Waals surface area contributed by atoms with Crippen molar-refractivity contribution in [3.8, 4) is 0 Å². The number of nitrogens with two attached hydrogens (primary N) is 1. The van der Waals surface area contributed by atoms with Crippen molar-refractivity contribution >= 4 is 44.3 Å². The van der Waals surface area contributed by atoms with Gasteiger partial charge in [-0.25, -0.2) is 13.1 Å². The highest BCUT2D eigenvalue weighted by Crippen LogP contribution is 2.20. The highest BCUT2D eigenvalue weighted by molar-refractivity contribution is 9.10. The maximum atomic E-state index is 12.2. The Morgan fingerprint density at radius 3 is 2.65 bits per heavy atom. The van der Waals surface area contributed by atoms with Crippen molar-refractivity contribution in [1.82, 2.24) is 10.0 Å². The number of hydrogen-bond donors (Lipinski definition) is 3. The average molecular weight is 385 g/mol. The van der Waals surface area contributed by atoms with Crippen LogP contribution in [0.15, 0.2) is 27.6 Å². The van der Waals surface area contributed by atoms with E-state index >= 15 is 0 Å². The summed E-state index contributed by atoms with van der Waals surface area (Å²) in [6, 6.07) is 4.08. The topological polar surface area (TPSA) is 101 Å². The number of carbonyl (C=O) groups excluding carboxylic acids is 1. The average Bonchev–Trinajstić information content (AvgIpc) is 2.80.